The molecule has 4 aromatic rings. The number of rotatable bonds is 8. The lowest BCUT2D eigenvalue weighted by Crippen LogP contribution is -2.34. The number of fused-ring (bicyclic) bond motifs is 1. The number of benzene rings is 2. The highest BCUT2D eigenvalue weighted by Crippen LogP contribution is 2.39. The molecule has 1 atom stereocenters. The molecule has 10 heteroatoms. The first kappa shape index (κ1) is 26.4. The monoisotopic (exact) mass is 543 g/mol. The average Bonchev–Trinajstić information content (AvgIpc) is 3.38. The molecule has 1 aliphatic heterocycles. The highest BCUT2D eigenvalue weighted by Gasteiger charge is 2.26. The summed E-state index contributed by atoms with van der Waals surface area (Å²) in [6.45, 7) is 5.56. The van der Waals surface area contributed by atoms with Crippen molar-refractivity contribution >= 4 is 51.4 Å². The van der Waals surface area contributed by atoms with Gasteiger partial charge in [0, 0.05) is 60.3 Å². The molecule has 0 radical (unpaired) electrons. The van der Waals surface area contributed by atoms with E-state index in [9.17, 15) is 4.79 Å². The van der Waals surface area contributed by atoms with Gasteiger partial charge in [0.1, 0.15) is 5.75 Å². The first-order valence-corrected chi connectivity index (χ1v) is 12.9. The minimum absolute atomic E-state index is 0.301. The fourth-order valence-electron chi connectivity index (χ4n) is 4.84. The second-order valence-corrected chi connectivity index (χ2v) is 9.97. The van der Waals surface area contributed by atoms with Crippen molar-refractivity contribution in [2.45, 2.75) is 12.5 Å². The highest BCUT2D eigenvalue weighted by atomic mass is 35.5. The summed E-state index contributed by atoms with van der Waals surface area (Å²) in [7, 11) is 5.76. The van der Waals surface area contributed by atoms with E-state index < -0.39 is 0 Å². The lowest BCUT2D eigenvalue weighted by Gasteiger charge is -2.29. The van der Waals surface area contributed by atoms with Crippen molar-refractivity contribution in [2.75, 3.05) is 49.8 Å². The number of carbonyl (C=O) groups is 1. The molecule has 1 unspecified atom stereocenters. The largest absolute Gasteiger partial charge is 0.494 e. The van der Waals surface area contributed by atoms with Crippen LogP contribution in [-0.4, -0.2) is 66.1 Å². The Balaban J connectivity index is 1.54. The van der Waals surface area contributed by atoms with Crippen LogP contribution in [0.2, 0.25) is 5.02 Å². The van der Waals surface area contributed by atoms with E-state index in [4.69, 9.17) is 21.3 Å². The molecule has 200 valence electrons. The van der Waals surface area contributed by atoms with Gasteiger partial charge in [-0.25, -0.2) is 9.97 Å². The third-order valence-electron chi connectivity index (χ3n) is 6.93. The van der Waals surface area contributed by atoms with Crippen LogP contribution in [0.5, 0.6) is 5.75 Å². The number of halogens is 1. The molecule has 39 heavy (non-hydrogen) atoms. The molecule has 1 aliphatic rings. The van der Waals surface area contributed by atoms with Gasteiger partial charge < -0.3 is 25.2 Å². The van der Waals surface area contributed by atoms with E-state index in [1.54, 1.807) is 25.7 Å². The molecule has 0 aliphatic carbocycles. The molecule has 5 rings (SSSR count). The van der Waals surface area contributed by atoms with Crippen molar-refractivity contribution in [3.05, 3.63) is 72.7 Å². The van der Waals surface area contributed by atoms with Crippen LogP contribution < -0.4 is 20.3 Å². The number of likely N-dealkylation sites (N-methyl/N-ethyl adjacent to an activating group) is 2. The maximum Gasteiger partial charge on any atom is 0.247 e. The molecule has 0 spiro atoms. The van der Waals surface area contributed by atoms with Crippen LogP contribution in [0.4, 0.5) is 23.0 Å². The number of nitrogens with one attached hydrogen (secondary N) is 2. The van der Waals surface area contributed by atoms with Gasteiger partial charge in [-0.05, 0) is 49.9 Å². The summed E-state index contributed by atoms with van der Waals surface area (Å²) in [6.07, 6.45) is 7.49. The number of ether oxygens (including phenoxy) is 1. The summed E-state index contributed by atoms with van der Waals surface area (Å²) in [6, 6.07) is 11.6. The van der Waals surface area contributed by atoms with Crippen molar-refractivity contribution in [3.63, 3.8) is 0 Å². The number of methoxy groups -OCH3 is 1. The second-order valence-electron chi connectivity index (χ2n) is 9.53. The summed E-state index contributed by atoms with van der Waals surface area (Å²) in [4.78, 5) is 30.5. The Kier molecular flexibility index (Phi) is 7.63. The number of hydrogen-bond acceptors (Lipinski definition) is 8. The van der Waals surface area contributed by atoms with Crippen molar-refractivity contribution in [3.8, 4) is 16.9 Å². The summed E-state index contributed by atoms with van der Waals surface area (Å²) in [5.74, 6) is 0.660. The first-order valence-electron chi connectivity index (χ1n) is 12.6. The van der Waals surface area contributed by atoms with E-state index in [1.807, 2.05) is 43.4 Å². The summed E-state index contributed by atoms with van der Waals surface area (Å²) >= 11 is 6.24. The van der Waals surface area contributed by atoms with Crippen molar-refractivity contribution in [2.24, 2.45) is 0 Å². The lowest BCUT2D eigenvalue weighted by atomic mass is 10.1. The smallest absolute Gasteiger partial charge is 0.247 e. The highest BCUT2D eigenvalue weighted by molar-refractivity contribution is 6.30. The average molecular weight is 544 g/mol. The number of carbonyl (C=O) groups excluding carboxylic acids is 1. The molecule has 1 fully saturated rings. The van der Waals surface area contributed by atoms with Crippen LogP contribution in [0.25, 0.3) is 22.0 Å². The van der Waals surface area contributed by atoms with Gasteiger partial charge in [0.25, 0.3) is 0 Å². The third-order valence-corrected chi connectivity index (χ3v) is 7.16. The molecule has 3 heterocycles. The zero-order chi connectivity index (χ0) is 27.5. The van der Waals surface area contributed by atoms with Crippen molar-refractivity contribution < 1.29 is 9.53 Å². The SMILES string of the molecule is C=CC(=O)Nc1cc(Nc2ncc3cncc(-c4cccc(Cl)c4)c3n2)c(OC)cc1N(C)C1CCN(C)C1. The van der Waals surface area contributed by atoms with E-state index in [0.717, 1.165) is 47.2 Å². The van der Waals surface area contributed by atoms with Crippen LogP contribution >= 0.6 is 11.6 Å². The number of aromatic nitrogens is 3. The Morgan fingerprint density at radius 2 is 2.08 bits per heavy atom. The number of anilines is 4. The summed E-state index contributed by atoms with van der Waals surface area (Å²) < 4.78 is 5.76. The van der Waals surface area contributed by atoms with E-state index in [2.05, 4.69) is 44.0 Å². The van der Waals surface area contributed by atoms with E-state index in [1.165, 1.54) is 6.08 Å². The Bertz CT molecular complexity index is 1540. The molecule has 9 nitrogen and oxygen atoms in total. The molecule has 1 amide bonds. The second kappa shape index (κ2) is 11.3. The minimum atomic E-state index is -0.301. The van der Waals surface area contributed by atoms with Crippen LogP contribution in [0, 0.1) is 0 Å². The van der Waals surface area contributed by atoms with Gasteiger partial charge >= 0.3 is 0 Å². The maximum atomic E-state index is 12.3. The van der Waals surface area contributed by atoms with Gasteiger partial charge in [-0.1, -0.05) is 30.3 Å². The zero-order valence-electron chi connectivity index (χ0n) is 22.1. The van der Waals surface area contributed by atoms with Gasteiger partial charge in [-0.15, -0.1) is 0 Å². The van der Waals surface area contributed by atoms with Crippen LogP contribution in [0.3, 0.4) is 0 Å². The summed E-state index contributed by atoms with van der Waals surface area (Å²) in [5, 5.41) is 7.66. The van der Waals surface area contributed by atoms with Crippen LogP contribution in [0.15, 0.2) is 67.6 Å². The predicted octanol–water partition coefficient (Wildman–Crippen LogP) is 5.36. The quantitative estimate of drug-likeness (QED) is 0.287. The fourth-order valence-corrected chi connectivity index (χ4v) is 5.03. The van der Waals surface area contributed by atoms with E-state index in [-0.39, 0.29) is 5.91 Å². The van der Waals surface area contributed by atoms with Crippen molar-refractivity contribution in [1.82, 2.24) is 19.9 Å². The lowest BCUT2D eigenvalue weighted by molar-refractivity contribution is -0.111. The molecule has 0 saturated carbocycles. The standard InChI is InChI=1S/C29H30ClN7O2/c1-5-27(38)33-23-12-24(26(39-4)13-25(23)37(3)21-9-10-36(2)17-21)34-29-32-15-19-14-31-16-22(28(19)35-29)18-7-6-8-20(30)11-18/h5-8,11-16,21H,1,9-10,17H2,2-4H3,(H,33,38)(H,32,34,35). The number of hydrogen-bond donors (Lipinski definition) is 2. The van der Waals surface area contributed by atoms with Gasteiger partial charge in [0.2, 0.25) is 11.9 Å². The molecule has 0 bridgehead atoms. The molecule has 2 aromatic heterocycles. The first-order chi connectivity index (χ1) is 18.9. The Labute approximate surface area is 232 Å². The number of likely N-dealkylation sites (tertiary alicyclic amines) is 1. The Morgan fingerprint density at radius 3 is 2.79 bits per heavy atom. The molecule has 2 N–H and O–H groups in total. The summed E-state index contributed by atoms with van der Waals surface area (Å²) in [5.41, 5.74) is 4.56. The van der Waals surface area contributed by atoms with Gasteiger partial charge in [0.05, 0.1) is 29.7 Å². The zero-order valence-corrected chi connectivity index (χ0v) is 22.9. The Hall–Kier alpha value is -4.21. The minimum Gasteiger partial charge on any atom is -0.494 e. The third kappa shape index (κ3) is 5.64. The Morgan fingerprint density at radius 1 is 1.23 bits per heavy atom. The van der Waals surface area contributed by atoms with Gasteiger partial charge in [-0.3, -0.25) is 9.78 Å². The number of amides is 1. The van der Waals surface area contributed by atoms with E-state index >= 15 is 0 Å². The van der Waals surface area contributed by atoms with Crippen molar-refractivity contribution in [1.29, 1.82) is 0 Å². The molecule has 1 saturated heterocycles. The topological polar surface area (TPSA) is 95.5 Å². The predicted molar refractivity (Wildman–Crippen MR) is 157 cm³/mol. The van der Waals surface area contributed by atoms with Gasteiger partial charge in [0.15, 0.2) is 0 Å². The van der Waals surface area contributed by atoms with Gasteiger partial charge in [-0.2, -0.15) is 0 Å². The van der Waals surface area contributed by atoms with Crippen LogP contribution in [-0.2, 0) is 4.79 Å². The normalized spacial score (nSPS) is 15.2. The fraction of sp³-hybridized carbons (Fsp3) is 0.241. The maximum absolute atomic E-state index is 12.3. The van der Waals surface area contributed by atoms with Crippen LogP contribution in [0.1, 0.15) is 6.42 Å². The molecular weight excluding hydrogens is 514 g/mol. The molecule has 2 aromatic carbocycles. The number of pyridine rings is 1. The number of nitrogens with zero attached hydrogens (tertiary/aromatic N) is 5. The molecular formula is C29H30ClN7O2. The van der Waals surface area contributed by atoms with E-state index in [0.29, 0.717) is 34.1 Å².